The molecule has 9 nitrogen and oxygen atoms in total. The maximum absolute atomic E-state index is 12.6. The molecule has 0 saturated carbocycles. The van der Waals surface area contributed by atoms with E-state index in [0.717, 1.165) is 17.9 Å². The molecule has 0 aliphatic heterocycles. The van der Waals surface area contributed by atoms with Gasteiger partial charge in [0, 0.05) is 6.92 Å². The number of nitrogens with one attached hydrogen (secondary N) is 4. The fourth-order valence-electron chi connectivity index (χ4n) is 4.43. The molecule has 4 N–H and O–H groups in total. The van der Waals surface area contributed by atoms with Crippen LogP contribution in [-0.4, -0.2) is 66.8 Å². The Bertz CT molecular complexity index is 1230. The van der Waals surface area contributed by atoms with Crippen LogP contribution in [0.4, 0.5) is 0 Å². The molecule has 0 unspecified atom stereocenters. The average Bonchev–Trinajstić information content (AvgIpc) is 3.00. The molecular formula is C30H35N4O5PS. The zero-order valence-electron chi connectivity index (χ0n) is 22.9. The third kappa shape index (κ3) is 9.84. The van der Waals surface area contributed by atoms with Crippen molar-refractivity contribution in [3.63, 3.8) is 0 Å². The van der Waals surface area contributed by atoms with E-state index >= 15 is 0 Å². The van der Waals surface area contributed by atoms with E-state index in [-0.39, 0.29) is 36.4 Å². The standard InChI is InChI=1S/C30H35N4O5PS/c1-23(35)41-22-30(39)34-21-29(38)33-20-28(37)32-19-27(36)31-17-18-40(24-11-5-2-6-12-24,25-13-7-3-8-14-25)26-15-9-4-10-16-26/h2-16,40H,17-22H2,1H3,(H,31,36)(H,32,37)(H,33,38)(H,34,39). The van der Waals surface area contributed by atoms with Crippen molar-refractivity contribution < 1.29 is 24.0 Å². The molecule has 0 heterocycles. The first-order chi connectivity index (χ1) is 19.8. The van der Waals surface area contributed by atoms with Gasteiger partial charge in [-0.25, -0.2) is 0 Å². The molecular weight excluding hydrogens is 559 g/mol. The second-order valence-electron chi connectivity index (χ2n) is 9.21. The molecule has 0 aromatic heterocycles. The van der Waals surface area contributed by atoms with Crippen molar-refractivity contribution in [2.75, 3.05) is 38.1 Å². The molecule has 0 spiro atoms. The molecule has 3 rings (SSSR count). The number of hydrogen-bond acceptors (Lipinski definition) is 6. The van der Waals surface area contributed by atoms with Gasteiger partial charge in [-0.15, -0.1) is 0 Å². The van der Waals surface area contributed by atoms with Crippen LogP contribution in [0.5, 0.6) is 0 Å². The number of hydrogen-bond donors (Lipinski definition) is 4. The van der Waals surface area contributed by atoms with Crippen molar-refractivity contribution in [1.29, 1.82) is 0 Å². The SMILES string of the molecule is CC(=O)SCC(=O)NCC(=O)NCC(=O)NCC(=O)NCC[PH](c1ccccc1)(c1ccccc1)c1ccccc1. The van der Waals surface area contributed by atoms with Crippen LogP contribution in [0.25, 0.3) is 0 Å². The van der Waals surface area contributed by atoms with Crippen molar-refractivity contribution in [1.82, 2.24) is 21.3 Å². The van der Waals surface area contributed by atoms with Gasteiger partial charge in [0.2, 0.25) is 5.91 Å². The van der Waals surface area contributed by atoms with E-state index in [1.165, 1.54) is 22.8 Å². The van der Waals surface area contributed by atoms with E-state index in [1.54, 1.807) is 0 Å². The summed E-state index contributed by atoms with van der Waals surface area (Å²) in [6.07, 6.45) is 0.720. The number of thioether (sulfide) groups is 1. The van der Waals surface area contributed by atoms with E-state index in [0.29, 0.717) is 6.54 Å². The molecule has 3 aromatic rings. The second kappa shape index (κ2) is 16.3. The summed E-state index contributed by atoms with van der Waals surface area (Å²) in [7, 11) is -2.49. The van der Waals surface area contributed by atoms with Crippen LogP contribution in [0.15, 0.2) is 91.0 Å². The van der Waals surface area contributed by atoms with E-state index in [9.17, 15) is 24.0 Å². The van der Waals surface area contributed by atoms with Crippen molar-refractivity contribution in [3.8, 4) is 0 Å². The summed E-state index contributed by atoms with van der Waals surface area (Å²) in [6.45, 7) is 0.873. The van der Waals surface area contributed by atoms with E-state index in [4.69, 9.17) is 0 Å². The van der Waals surface area contributed by atoms with Gasteiger partial charge < -0.3 is 0 Å². The summed E-state index contributed by atoms with van der Waals surface area (Å²) in [5.74, 6) is -1.97. The van der Waals surface area contributed by atoms with Gasteiger partial charge in [-0.3, -0.25) is 9.59 Å². The Labute approximate surface area is 244 Å². The van der Waals surface area contributed by atoms with E-state index in [1.807, 2.05) is 54.6 Å². The molecule has 0 fully saturated rings. The van der Waals surface area contributed by atoms with Crippen molar-refractivity contribution >= 4 is 63.7 Å². The van der Waals surface area contributed by atoms with Crippen molar-refractivity contribution in [2.24, 2.45) is 0 Å². The summed E-state index contributed by atoms with van der Waals surface area (Å²) in [5, 5.41) is 13.7. The Morgan fingerprint density at radius 1 is 0.561 bits per heavy atom. The second-order valence-corrected chi connectivity index (χ2v) is 14.4. The van der Waals surface area contributed by atoms with Gasteiger partial charge in [0.05, 0.1) is 5.75 Å². The topological polar surface area (TPSA) is 133 Å². The van der Waals surface area contributed by atoms with E-state index in [2.05, 4.69) is 57.7 Å². The zero-order valence-corrected chi connectivity index (χ0v) is 24.7. The van der Waals surface area contributed by atoms with Gasteiger partial charge in [-0.05, 0) is 0 Å². The predicted octanol–water partition coefficient (Wildman–Crippen LogP) is 0.457. The van der Waals surface area contributed by atoms with Gasteiger partial charge >= 0.3 is 200 Å². The molecule has 0 bridgehead atoms. The van der Waals surface area contributed by atoms with Crippen LogP contribution in [0, 0.1) is 0 Å². The quantitative estimate of drug-likeness (QED) is 0.201. The van der Waals surface area contributed by atoms with Crippen LogP contribution >= 0.6 is 19.0 Å². The molecule has 41 heavy (non-hydrogen) atoms. The fraction of sp³-hybridized carbons (Fsp3) is 0.233. The van der Waals surface area contributed by atoms with Gasteiger partial charge in [0.15, 0.2) is 5.12 Å². The van der Waals surface area contributed by atoms with Gasteiger partial charge in [0.1, 0.15) is 0 Å². The molecule has 0 aliphatic carbocycles. The third-order valence-electron chi connectivity index (χ3n) is 6.37. The van der Waals surface area contributed by atoms with Crippen LogP contribution < -0.4 is 37.2 Å². The predicted molar refractivity (Wildman–Crippen MR) is 167 cm³/mol. The number of amides is 4. The summed E-state index contributed by atoms with van der Waals surface area (Å²) in [5.41, 5.74) is 0. The Balaban J connectivity index is 1.53. The van der Waals surface area contributed by atoms with Crippen molar-refractivity contribution in [2.45, 2.75) is 6.92 Å². The van der Waals surface area contributed by atoms with Crippen molar-refractivity contribution in [3.05, 3.63) is 91.0 Å². The minimum absolute atomic E-state index is 0.0795. The summed E-state index contributed by atoms with van der Waals surface area (Å²) >= 11 is 0.839. The van der Waals surface area contributed by atoms with Gasteiger partial charge in [0.25, 0.3) is 0 Å². The average molecular weight is 595 g/mol. The maximum atomic E-state index is 12.6. The molecule has 0 atom stereocenters. The van der Waals surface area contributed by atoms with Crippen LogP contribution in [0.3, 0.4) is 0 Å². The number of carbonyl (C=O) groups excluding carboxylic acids is 5. The molecule has 0 saturated heterocycles. The normalized spacial score (nSPS) is 11.1. The Hall–Kier alpha value is -4.01. The molecule has 4 amide bonds. The first-order valence-electron chi connectivity index (χ1n) is 13.2. The third-order valence-corrected chi connectivity index (χ3v) is 12.1. The molecule has 0 radical (unpaired) electrons. The van der Waals surface area contributed by atoms with Crippen LogP contribution in [0.2, 0.25) is 0 Å². The zero-order chi connectivity index (χ0) is 29.5. The first kappa shape index (κ1) is 31.5. The Morgan fingerprint density at radius 2 is 0.927 bits per heavy atom. The molecule has 11 heteroatoms. The minimum atomic E-state index is -2.49. The fourth-order valence-corrected chi connectivity index (χ4v) is 9.52. The monoisotopic (exact) mass is 594 g/mol. The number of rotatable bonds is 14. The molecule has 0 aliphatic rings. The van der Waals surface area contributed by atoms with Crippen LogP contribution in [0.1, 0.15) is 6.92 Å². The molecule has 3 aromatic carbocycles. The van der Waals surface area contributed by atoms with Crippen LogP contribution in [-0.2, 0) is 24.0 Å². The Morgan fingerprint density at radius 3 is 1.32 bits per heavy atom. The number of carbonyl (C=O) groups is 5. The summed E-state index contributed by atoms with van der Waals surface area (Å²) < 4.78 is 0. The van der Waals surface area contributed by atoms with Gasteiger partial charge in [-0.1, -0.05) is 11.8 Å². The summed E-state index contributed by atoms with van der Waals surface area (Å²) in [4.78, 5) is 59.0. The number of benzene rings is 3. The van der Waals surface area contributed by atoms with Gasteiger partial charge in [-0.2, -0.15) is 0 Å². The molecule has 216 valence electrons. The summed E-state index contributed by atoms with van der Waals surface area (Å²) in [6, 6.07) is 31.1. The first-order valence-corrected chi connectivity index (χ1v) is 16.4. The van der Waals surface area contributed by atoms with E-state index < -0.39 is 25.0 Å². The Kier molecular flexibility index (Phi) is 12.5.